The molecule has 9 heteroatoms. The first-order valence-corrected chi connectivity index (χ1v) is 6.29. The maximum Gasteiger partial charge on any atom is 0.454 e. The molecule has 0 saturated carbocycles. The van der Waals surface area contributed by atoms with Crippen LogP contribution < -0.4 is 10.6 Å². The van der Waals surface area contributed by atoms with Crippen LogP contribution in [0.3, 0.4) is 0 Å². The Morgan fingerprint density at radius 1 is 1.33 bits per heavy atom. The van der Waals surface area contributed by atoms with E-state index in [1.807, 2.05) is 0 Å². The van der Waals surface area contributed by atoms with Crippen LogP contribution in [0.4, 0.5) is 17.6 Å². The molecule has 0 unspecified atom stereocenters. The van der Waals surface area contributed by atoms with E-state index in [1.54, 1.807) is 0 Å². The lowest BCUT2D eigenvalue weighted by molar-refractivity contribution is -0.166. The minimum Gasteiger partial charge on any atom is -0.370 e. The number of pyridine rings is 1. The van der Waals surface area contributed by atoms with Gasteiger partial charge in [0.25, 0.3) is 5.78 Å². The number of alkyl halides is 3. The first-order valence-electron chi connectivity index (χ1n) is 5.91. The summed E-state index contributed by atoms with van der Waals surface area (Å²) >= 11 is 5.41. The van der Waals surface area contributed by atoms with Gasteiger partial charge in [-0.15, -0.1) is 0 Å². The van der Waals surface area contributed by atoms with E-state index >= 15 is 0 Å². The zero-order chi connectivity index (χ0) is 15.6. The number of ketones is 1. The summed E-state index contributed by atoms with van der Waals surface area (Å²) in [6, 6.07) is 0.953. The number of nitrogens with zero attached hydrogens (tertiary/aromatic N) is 1. The summed E-state index contributed by atoms with van der Waals surface area (Å²) in [5.74, 6) is -2.83. The van der Waals surface area contributed by atoms with Crippen LogP contribution in [0.15, 0.2) is 23.7 Å². The van der Waals surface area contributed by atoms with Crippen LogP contribution in [0.5, 0.6) is 0 Å². The quantitative estimate of drug-likeness (QED) is 0.507. The van der Waals surface area contributed by atoms with Crippen molar-refractivity contribution in [2.45, 2.75) is 12.6 Å². The third kappa shape index (κ3) is 3.63. The first-order chi connectivity index (χ1) is 9.79. The molecule has 2 heterocycles. The summed E-state index contributed by atoms with van der Waals surface area (Å²) in [5.41, 5.74) is -0.393. The molecule has 21 heavy (non-hydrogen) atoms. The molecule has 0 aromatic carbocycles. The molecule has 1 aliphatic heterocycles. The molecule has 2 rings (SSSR count). The minimum absolute atomic E-state index is 0.00711. The van der Waals surface area contributed by atoms with Gasteiger partial charge in [0.05, 0.1) is 0 Å². The first kappa shape index (κ1) is 15.6. The van der Waals surface area contributed by atoms with Crippen LogP contribution in [-0.4, -0.2) is 30.0 Å². The number of carbonyl (C=O) groups is 1. The summed E-state index contributed by atoms with van der Waals surface area (Å²) in [7, 11) is 0. The average Bonchev–Trinajstić information content (AvgIpc) is 2.92. The Kier molecular flexibility index (Phi) is 4.36. The molecule has 0 bridgehead atoms. The summed E-state index contributed by atoms with van der Waals surface area (Å²) in [5, 5.41) is 4.94. The van der Waals surface area contributed by atoms with Gasteiger partial charge in [0, 0.05) is 31.3 Å². The third-order valence-corrected chi connectivity index (χ3v) is 3.07. The molecule has 0 radical (unpaired) electrons. The molecule has 1 saturated heterocycles. The number of allylic oxidation sites excluding steroid dienone is 1. The Morgan fingerprint density at radius 3 is 2.48 bits per heavy atom. The molecule has 1 aromatic heterocycles. The van der Waals surface area contributed by atoms with Crippen LogP contribution in [0, 0.1) is 5.82 Å². The normalized spacial score (nSPS) is 14.6. The van der Waals surface area contributed by atoms with Crippen LogP contribution in [-0.2, 0) is 11.2 Å². The number of rotatable bonds is 3. The average molecular weight is 324 g/mol. The van der Waals surface area contributed by atoms with Crippen LogP contribution >= 0.6 is 11.6 Å². The Hall–Kier alpha value is -1.83. The highest BCUT2D eigenvalue weighted by Gasteiger charge is 2.42. The second-order valence-electron chi connectivity index (χ2n) is 4.33. The predicted octanol–water partition coefficient (Wildman–Crippen LogP) is 1.95. The van der Waals surface area contributed by atoms with Crippen LogP contribution in [0.1, 0.15) is 5.56 Å². The Morgan fingerprint density at radius 2 is 1.95 bits per heavy atom. The maximum absolute atomic E-state index is 13.3. The molecule has 4 nitrogen and oxygen atoms in total. The number of aromatic nitrogens is 1. The summed E-state index contributed by atoms with van der Waals surface area (Å²) in [6.45, 7) is 0.800. The number of Topliss-reactive ketones (excluding diaryl/α,β-unsaturated/α-hetero) is 1. The monoisotopic (exact) mass is 323 g/mol. The van der Waals surface area contributed by atoms with Crippen molar-refractivity contribution in [3.05, 3.63) is 40.2 Å². The lowest BCUT2D eigenvalue weighted by Crippen LogP contribution is -2.30. The number of halogens is 5. The van der Waals surface area contributed by atoms with Crippen molar-refractivity contribution < 1.29 is 22.4 Å². The van der Waals surface area contributed by atoms with Gasteiger partial charge in [-0.1, -0.05) is 11.6 Å². The van der Waals surface area contributed by atoms with Gasteiger partial charge >= 0.3 is 6.18 Å². The van der Waals surface area contributed by atoms with Gasteiger partial charge in [0.1, 0.15) is 5.82 Å². The smallest absolute Gasteiger partial charge is 0.370 e. The van der Waals surface area contributed by atoms with E-state index in [9.17, 15) is 22.4 Å². The highest BCUT2D eigenvalue weighted by molar-refractivity contribution is 6.29. The molecule has 0 atom stereocenters. The standard InChI is InChI=1S/C12H10ClF4N3O/c13-10-8(14)4-6(5-20-10)3-7(9(21)12(15,16)17)11-18-1-2-19-11/h4-5,18-19H,1-3H2. The van der Waals surface area contributed by atoms with Crippen molar-refractivity contribution in [2.24, 2.45) is 0 Å². The zero-order valence-corrected chi connectivity index (χ0v) is 11.3. The molecule has 0 aliphatic carbocycles. The lowest BCUT2D eigenvalue weighted by Gasteiger charge is -2.13. The molecule has 1 fully saturated rings. The molecule has 114 valence electrons. The van der Waals surface area contributed by atoms with Crippen molar-refractivity contribution in [3.8, 4) is 0 Å². The number of nitrogens with one attached hydrogen (secondary N) is 2. The van der Waals surface area contributed by atoms with Gasteiger partial charge in [0.2, 0.25) is 0 Å². The van der Waals surface area contributed by atoms with Gasteiger partial charge in [-0.05, 0) is 11.6 Å². The fraction of sp³-hybridized carbons (Fsp3) is 0.333. The van der Waals surface area contributed by atoms with Gasteiger partial charge in [-0.25, -0.2) is 9.37 Å². The third-order valence-electron chi connectivity index (χ3n) is 2.80. The highest BCUT2D eigenvalue weighted by Crippen LogP contribution is 2.25. The second-order valence-corrected chi connectivity index (χ2v) is 4.68. The maximum atomic E-state index is 13.3. The Bertz CT molecular complexity index is 593. The molecular formula is C12H10ClF4N3O. The van der Waals surface area contributed by atoms with Gasteiger partial charge < -0.3 is 10.6 Å². The molecule has 1 aromatic rings. The largest absolute Gasteiger partial charge is 0.454 e. The fourth-order valence-electron chi connectivity index (χ4n) is 1.87. The minimum atomic E-state index is -5.01. The number of hydrogen-bond acceptors (Lipinski definition) is 4. The van der Waals surface area contributed by atoms with E-state index < -0.39 is 29.8 Å². The van der Waals surface area contributed by atoms with Crippen LogP contribution in [0.25, 0.3) is 0 Å². The molecular weight excluding hydrogens is 314 g/mol. The highest BCUT2D eigenvalue weighted by atomic mass is 35.5. The summed E-state index contributed by atoms with van der Waals surface area (Å²) < 4.78 is 51.2. The van der Waals surface area contributed by atoms with Crippen LogP contribution in [0.2, 0.25) is 5.15 Å². The van der Waals surface area contributed by atoms with E-state index in [1.165, 1.54) is 0 Å². The molecule has 0 spiro atoms. The Labute approximate surface area is 122 Å². The van der Waals surface area contributed by atoms with Gasteiger partial charge in [-0.3, -0.25) is 4.79 Å². The Balaban J connectivity index is 2.35. The van der Waals surface area contributed by atoms with Crippen molar-refractivity contribution in [3.63, 3.8) is 0 Å². The summed E-state index contributed by atoms with van der Waals surface area (Å²) in [6.07, 6.45) is -4.29. The molecule has 0 amide bonds. The van der Waals surface area contributed by atoms with E-state index in [-0.39, 0.29) is 16.5 Å². The zero-order valence-electron chi connectivity index (χ0n) is 10.5. The van der Waals surface area contributed by atoms with Crippen molar-refractivity contribution in [1.29, 1.82) is 0 Å². The SMILES string of the molecule is O=C(C(Cc1cnc(Cl)c(F)c1)=C1NCCN1)C(F)(F)F. The van der Waals surface area contributed by atoms with Crippen molar-refractivity contribution >= 4 is 17.4 Å². The van der Waals surface area contributed by atoms with Crippen molar-refractivity contribution in [1.82, 2.24) is 15.6 Å². The van der Waals surface area contributed by atoms with E-state index in [0.29, 0.717) is 13.1 Å². The summed E-state index contributed by atoms with van der Waals surface area (Å²) in [4.78, 5) is 15.0. The van der Waals surface area contributed by atoms with Crippen molar-refractivity contribution in [2.75, 3.05) is 13.1 Å². The lowest BCUT2D eigenvalue weighted by atomic mass is 10.0. The fourth-order valence-corrected chi connectivity index (χ4v) is 1.97. The molecule has 2 N–H and O–H groups in total. The van der Waals surface area contributed by atoms with E-state index in [0.717, 1.165) is 12.3 Å². The van der Waals surface area contributed by atoms with E-state index in [4.69, 9.17) is 11.6 Å². The van der Waals surface area contributed by atoms with Gasteiger partial charge in [0.15, 0.2) is 11.0 Å². The van der Waals surface area contributed by atoms with E-state index in [2.05, 4.69) is 15.6 Å². The number of carbonyl (C=O) groups excluding carboxylic acids is 1. The topological polar surface area (TPSA) is 54.0 Å². The molecule has 1 aliphatic rings. The predicted molar refractivity (Wildman–Crippen MR) is 67.0 cm³/mol. The van der Waals surface area contributed by atoms with Gasteiger partial charge in [-0.2, -0.15) is 13.2 Å². The number of hydrogen-bond donors (Lipinski definition) is 2. The second kappa shape index (κ2) is 5.88.